The molecule has 0 amide bonds. The molecule has 1 aromatic heterocycles. The molecule has 0 saturated carbocycles. The molecule has 0 bridgehead atoms. The molecule has 1 aliphatic rings. The molecule has 1 aromatic rings. The van der Waals surface area contributed by atoms with Crippen molar-refractivity contribution in [1.82, 2.24) is 15.0 Å². The highest BCUT2D eigenvalue weighted by Crippen LogP contribution is 2.20. The van der Waals surface area contributed by atoms with E-state index in [1.807, 2.05) is 0 Å². The number of methoxy groups -OCH3 is 1. The predicted molar refractivity (Wildman–Crippen MR) is 77.4 cm³/mol. The van der Waals surface area contributed by atoms with E-state index in [1.165, 1.54) is 0 Å². The van der Waals surface area contributed by atoms with Gasteiger partial charge in [-0.2, -0.15) is 15.0 Å². The smallest absolute Gasteiger partial charge is 0.322 e. The summed E-state index contributed by atoms with van der Waals surface area (Å²) in [6.45, 7) is 7.26. The molecule has 1 aliphatic heterocycles. The van der Waals surface area contributed by atoms with Crippen molar-refractivity contribution >= 4 is 11.9 Å². The molecule has 0 radical (unpaired) electrons. The van der Waals surface area contributed by atoms with Gasteiger partial charge in [-0.1, -0.05) is 13.8 Å². The summed E-state index contributed by atoms with van der Waals surface area (Å²) in [6.07, 6.45) is 2.00. The number of hydrogen-bond acceptors (Lipinski definition) is 7. The first-order chi connectivity index (χ1) is 9.78. The van der Waals surface area contributed by atoms with Crippen molar-refractivity contribution in [2.45, 2.75) is 32.7 Å². The second-order valence-electron chi connectivity index (χ2n) is 4.70. The predicted octanol–water partition coefficient (Wildman–Crippen LogP) is 1.32. The molecular formula is C13H23N5O2. The van der Waals surface area contributed by atoms with Crippen molar-refractivity contribution in [3.63, 3.8) is 0 Å². The van der Waals surface area contributed by atoms with E-state index in [9.17, 15) is 0 Å². The minimum Gasteiger partial charge on any atom is -0.467 e. The van der Waals surface area contributed by atoms with E-state index in [-0.39, 0.29) is 0 Å². The summed E-state index contributed by atoms with van der Waals surface area (Å²) >= 11 is 0. The van der Waals surface area contributed by atoms with Crippen molar-refractivity contribution in [3.8, 4) is 6.01 Å². The van der Waals surface area contributed by atoms with Crippen LogP contribution in [0.3, 0.4) is 0 Å². The van der Waals surface area contributed by atoms with Gasteiger partial charge in [-0.3, -0.25) is 0 Å². The van der Waals surface area contributed by atoms with Crippen LogP contribution < -0.4 is 15.0 Å². The van der Waals surface area contributed by atoms with Gasteiger partial charge < -0.3 is 19.7 Å². The van der Waals surface area contributed by atoms with Crippen LogP contribution in [0.1, 0.15) is 26.7 Å². The van der Waals surface area contributed by atoms with Gasteiger partial charge in [0, 0.05) is 13.1 Å². The van der Waals surface area contributed by atoms with E-state index in [0.29, 0.717) is 37.2 Å². The van der Waals surface area contributed by atoms with Gasteiger partial charge in [-0.15, -0.1) is 0 Å². The van der Waals surface area contributed by atoms with E-state index < -0.39 is 0 Å². The lowest BCUT2D eigenvalue weighted by Crippen LogP contribution is -2.46. The van der Waals surface area contributed by atoms with Crippen molar-refractivity contribution in [2.24, 2.45) is 0 Å². The molecule has 1 unspecified atom stereocenters. The Kier molecular flexibility index (Phi) is 5.34. The Hall–Kier alpha value is -1.63. The number of hydrogen-bond donors (Lipinski definition) is 1. The van der Waals surface area contributed by atoms with E-state index >= 15 is 0 Å². The van der Waals surface area contributed by atoms with Crippen LogP contribution in [0.25, 0.3) is 0 Å². The minimum absolute atomic E-state index is 0.301. The molecule has 1 fully saturated rings. The van der Waals surface area contributed by atoms with Crippen molar-refractivity contribution in [1.29, 1.82) is 0 Å². The molecule has 112 valence electrons. The molecule has 7 heteroatoms. The Morgan fingerprint density at radius 1 is 1.35 bits per heavy atom. The fraction of sp³-hybridized carbons (Fsp3) is 0.769. The standard InChI is InChI=1S/C13H23N5O2/c1-4-6-14-11-15-12(17-13(16-11)19-3)18-7-8-20-9-10(18)5-2/h10H,4-9H2,1-3H3,(H,14,15,16,17). The van der Waals surface area contributed by atoms with E-state index in [2.05, 4.69) is 39.0 Å². The minimum atomic E-state index is 0.301. The first kappa shape index (κ1) is 14.8. The number of rotatable bonds is 6. The zero-order valence-corrected chi connectivity index (χ0v) is 12.4. The Morgan fingerprint density at radius 2 is 2.20 bits per heavy atom. The Bertz CT molecular complexity index is 429. The van der Waals surface area contributed by atoms with Crippen LogP contribution in [-0.2, 0) is 4.74 Å². The van der Waals surface area contributed by atoms with Gasteiger partial charge in [-0.05, 0) is 12.8 Å². The zero-order chi connectivity index (χ0) is 14.4. The highest BCUT2D eigenvalue weighted by molar-refractivity contribution is 5.39. The maximum atomic E-state index is 5.52. The number of anilines is 2. The van der Waals surface area contributed by atoms with Crippen molar-refractivity contribution in [3.05, 3.63) is 0 Å². The molecule has 0 spiro atoms. The third kappa shape index (κ3) is 3.47. The Morgan fingerprint density at radius 3 is 2.90 bits per heavy atom. The lowest BCUT2D eigenvalue weighted by molar-refractivity contribution is 0.0920. The van der Waals surface area contributed by atoms with Crippen LogP contribution in [0, 0.1) is 0 Å². The lowest BCUT2D eigenvalue weighted by atomic mass is 10.2. The van der Waals surface area contributed by atoms with Crippen LogP contribution in [0.15, 0.2) is 0 Å². The van der Waals surface area contributed by atoms with Gasteiger partial charge in [0.25, 0.3) is 0 Å². The topological polar surface area (TPSA) is 72.4 Å². The van der Waals surface area contributed by atoms with Crippen LogP contribution >= 0.6 is 0 Å². The fourth-order valence-electron chi connectivity index (χ4n) is 2.14. The number of aromatic nitrogens is 3. The van der Waals surface area contributed by atoms with Crippen LogP contribution in [0.2, 0.25) is 0 Å². The second kappa shape index (κ2) is 7.23. The van der Waals surface area contributed by atoms with Crippen LogP contribution in [0.5, 0.6) is 6.01 Å². The second-order valence-corrected chi connectivity index (χ2v) is 4.70. The monoisotopic (exact) mass is 281 g/mol. The third-order valence-electron chi connectivity index (χ3n) is 3.27. The highest BCUT2D eigenvalue weighted by Gasteiger charge is 2.25. The summed E-state index contributed by atoms with van der Waals surface area (Å²) < 4.78 is 10.7. The van der Waals surface area contributed by atoms with E-state index in [1.54, 1.807) is 7.11 Å². The lowest BCUT2D eigenvalue weighted by Gasteiger charge is -2.35. The molecule has 20 heavy (non-hydrogen) atoms. The van der Waals surface area contributed by atoms with Crippen molar-refractivity contribution in [2.75, 3.05) is 43.6 Å². The van der Waals surface area contributed by atoms with Gasteiger partial charge in [0.2, 0.25) is 11.9 Å². The number of nitrogens with zero attached hydrogens (tertiary/aromatic N) is 4. The molecule has 1 saturated heterocycles. The Labute approximate surface area is 119 Å². The largest absolute Gasteiger partial charge is 0.467 e. The zero-order valence-electron chi connectivity index (χ0n) is 12.4. The molecule has 1 atom stereocenters. The van der Waals surface area contributed by atoms with Crippen LogP contribution in [-0.4, -0.2) is 54.4 Å². The first-order valence-corrected chi connectivity index (χ1v) is 7.16. The number of morpholine rings is 1. The maximum absolute atomic E-state index is 5.52. The van der Waals surface area contributed by atoms with Gasteiger partial charge in [0.05, 0.1) is 26.4 Å². The van der Waals surface area contributed by atoms with Crippen LogP contribution in [0.4, 0.5) is 11.9 Å². The average molecular weight is 281 g/mol. The highest BCUT2D eigenvalue weighted by atomic mass is 16.5. The summed E-state index contributed by atoms with van der Waals surface area (Å²) in [7, 11) is 1.57. The average Bonchev–Trinajstić information content (AvgIpc) is 2.52. The third-order valence-corrected chi connectivity index (χ3v) is 3.27. The molecule has 7 nitrogen and oxygen atoms in total. The summed E-state index contributed by atoms with van der Waals surface area (Å²) in [5, 5.41) is 3.18. The van der Waals surface area contributed by atoms with Crippen molar-refractivity contribution < 1.29 is 9.47 Å². The normalized spacial score (nSPS) is 18.9. The molecule has 0 aromatic carbocycles. The summed E-state index contributed by atoms with van der Waals surface area (Å²) in [4.78, 5) is 15.3. The van der Waals surface area contributed by atoms with E-state index in [4.69, 9.17) is 9.47 Å². The Balaban J connectivity index is 2.24. The summed E-state index contributed by atoms with van der Waals surface area (Å²) in [6, 6.07) is 0.643. The number of nitrogens with one attached hydrogen (secondary N) is 1. The molecule has 2 heterocycles. The molecular weight excluding hydrogens is 258 g/mol. The quantitative estimate of drug-likeness (QED) is 0.843. The van der Waals surface area contributed by atoms with Gasteiger partial charge in [0.1, 0.15) is 0 Å². The molecule has 0 aliphatic carbocycles. The summed E-state index contributed by atoms with van der Waals surface area (Å²) in [5.41, 5.74) is 0. The maximum Gasteiger partial charge on any atom is 0.322 e. The molecule has 1 N–H and O–H groups in total. The summed E-state index contributed by atoms with van der Waals surface area (Å²) in [5.74, 6) is 1.22. The number of ether oxygens (including phenoxy) is 2. The molecule has 2 rings (SSSR count). The fourth-order valence-corrected chi connectivity index (χ4v) is 2.14. The SMILES string of the molecule is CCCNc1nc(OC)nc(N2CCOCC2CC)n1. The van der Waals surface area contributed by atoms with E-state index in [0.717, 1.165) is 25.9 Å². The van der Waals surface area contributed by atoms with Gasteiger partial charge >= 0.3 is 6.01 Å². The first-order valence-electron chi connectivity index (χ1n) is 7.16. The van der Waals surface area contributed by atoms with Gasteiger partial charge in [-0.25, -0.2) is 0 Å². The van der Waals surface area contributed by atoms with Gasteiger partial charge in [0.15, 0.2) is 0 Å².